The second-order valence-corrected chi connectivity index (χ2v) is 6.71. The van der Waals surface area contributed by atoms with E-state index < -0.39 is 0 Å². The third-order valence-corrected chi connectivity index (χ3v) is 4.55. The van der Waals surface area contributed by atoms with Crippen molar-refractivity contribution in [3.63, 3.8) is 0 Å². The lowest BCUT2D eigenvalue weighted by molar-refractivity contribution is 0.102. The number of methoxy groups -OCH3 is 2. The zero-order chi connectivity index (χ0) is 21.5. The van der Waals surface area contributed by atoms with Gasteiger partial charge in [0.25, 0.3) is 5.91 Å². The molecule has 0 spiro atoms. The summed E-state index contributed by atoms with van der Waals surface area (Å²) in [7, 11) is 3.07. The van der Waals surface area contributed by atoms with Gasteiger partial charge in [0.1, 0.15) is 0 Å². The fourth-order valence-electron chi connectivity index (χ4n) is 2.89. The van der Waals surface area contributed by atoms with E-state index in [1.54, 1.807) is 49.6 Å². The molecule has 3 rings (SSSR count). The Labute approximate surface area is 176 Å². The van der Waals surface area contributed by atoms with Crippen LogP contribution in [-0.2, 0) is 0 Å². The van der Waals surface area contributed by atoms with Gasteiger partial charge in [-0.2, -0.15) is 0 Å². The van der Waals surface area contributed by atoms with E-state index in [0.717, 1.165) is 11.1 Å². The van der Waals surface area contributed by atoms with Gasteiger partial charge in [-0.05, 0) is 61.0 Å². The first-order valence-electron chi connectivity index (χ1n) is 9.42. The van der Waals surface area contributed by atoms with Gasteiger partial charge >= 0.3 is 0 Å². The van der Waals surface area contributed by atoms with Gasteiger partial charge in [-0.25, -0.2) is 0 Å². The third kappa shape index (κ3) is 5.14. The number of aryl methyl sites for hydroxylation is 1. The van der Waals surface area contributed by atoms with E-state index in [1.165, 1.54) is 13.2 Å². The Bertz CT molecular complexity index is 1080. The summed E-state index contributed by atoms with van der Waals surface area (Å²) in [6.45, 7) is 1.97. The minimum Gasteiger partial charge on any atom is -0.493 e. The Morgan fingerprint density at radius 1 is 0.833 bits per heavy atom. The standard InChI is InChI=1S/C25H23NO4/c1-17-7-10-19(11-8-17)25(28)26-21-6-4-5-18(15-21)9-13-22(27)20-12-14-23(29-2)24(16-20)30-3/h4-16H,1-3H3,(H,26,28)/b13-9+. The summed E-state index contributed by atoms with van der Waals surface area (Å²) in [6, 6.07) is 19.7. The van der Waals surface area contributed by atoms with Crippen molar-refractivity contribution in [1.29, 1.82) is 0 Å². The molecular formula is C25H23NO4. The molecule has 0 heterocycles. The lowest BCUT2D eigenvalue weighted by atomic mass is 10.1. The highest BCUT2D eigenvalue weighted by Crippen LogP contribution is 2.28. The number of ketones is 1. The highest BCUT2D eigenvalue weighted by Gasteiger charge is 2.09. The summed E-state index contributed by atoms with van der Waals surface area (Å²) in [4.78, 5) is 24.9. The van der Waals surface area contributed by atoms with Gasteiger partial charge in [-0.1, -0.05) is 35.9 Å². The summed E-state index contributed by atoms with van der Waals surface area (Å²) >= 11 is 0. The van der Waals surface area contributed by atoms with E-state index in [0.29, 0.717) is 28.3 Å². The summed E-state index contributed by atoms with van der Waals surface area (Å²) in [5.41, 5.74) is 3.63. The minimum absolute atomic E-state index is 0.162. The summed E-state index contributed by atoms with van der Waals surface area (Å²) < 4.78 is 10.4. The highest BCUT2D eigenvalue weighted by molar-refractivity contribution is 6.07. The molecule has 0 unspecified atom stereocenters. The highest BCUT2D eigenvalue weighted by atomic mass is 16.5. The monoisotopic (exact) mass is 401 g/mol. The number of hydrogen-bond donors (Lipinski definition) is 1. The summed E-state index contributed by atoms with van der Waals surface area (Å²) in [6.07, 6.45) is 3.20. The molecule has 0 saturated heterocycles. The molecule has 1 amide bonds. The van der Waals surface area contributed by atoms with Crippen molar-refractivity contribution in [2.75, 3.05) is 19.5 Å². The largest absolute Gasteiger partial charge is 0.493 e. The first-order valence-corrected chi connectivity index (χ1v) is 9.42. The molecule has 0 fully saturated rings. The first kappa shape index (κ1) is 20.9. The van der Waals surface area contributed by atoms with Gasteiger partial charge < -0.3 is 14.8 Å². The Balaban J connectivity index is 1.71. The number of rotatable bonds is 7. The van der Waals surface area contributed by atoms with Crippen LogP contribution in [0.1, 0.15) is 31.8 Å². The van der Waals surface area contributed by atoms with Crippen LogP contribution in [0.2, 0.25) is 0 Å². The van der Waals surface area contributed by atoms with Gasteiger partial charge in [0.15, 0.2) is 17.3 Å². The van der Waals surface area contributed by atoms with Gasteiger partial charge in [0.05, 0.1) is 14.2 Å². The third-order valence-electron chi connectivity index (χ3n) is 4.55. The molecule has 0 radical (unpaired) electrons. The molecule has 0 aromatic heterocycles. The quantitative estimate of drug-likeness (QED) is 0.439. The van der Waals surface area contributed by atoms with Gasteiger partial charge in [0.2, 0.25) is 0 Å². The van der Waals surface area contributed by atoms with Crippen LogP contribution < -0.4 is 14.8 Å². The zero-order valence-electron chi connectivity index (χ0n) is 17.1. The van der Waals surface area contributed by atoms with Crippen LogP contribution in [0.5, 0.6) is 11.5 Å². The molecule has 0 saturated carbocycles. The van der Waals surface area contributed by atoms with Crippen molar-refractivity contribution in [1.82, 2.24) is 0 Å². The average Bonchev–Trinajstić information content (AvgIpc) is 2.77. The summed E-state index contributed by atoms with van der Waals surface area (Å²) in [5.74, 6) is 0.718. The maximum Gasteiger partial charge on any atom is 0.255 e. The van der Waals surface area contributed by atoms with Crippen molar-refractivity contribution in [2.45, 2.75) is 6.92 Å². The van der Waals surface area contributed by atoms with Crippen LogP contribution in [0.3, 0.4) is 0 Å². The summed E-state index contributed by atoms with van der Waals surface area (Å²) in [5, 5.41) is 2.88. The fourth-order valence-corrected chi connectivity index (χ4v) is 2.89. The van der Waals surface area contributed by atoms with Gasteiger partial charge in [-0.15, -0.1) is 0 Å². The SMILES string of the molecule is COc1ccc(C(=O)/C=C/c2cccc(NC(=O)c3ccc(C)cc3)c2)cc1OC. The number of nitrogens with one attached hydrogen (secondary N) is 1. The van der Waals surface area contributed by atoms with Crippen LogP contribution in [0.25, 0.3) is 6.08 Å². The number of allylic oxidation sites excluding steroid dienone is 1. The Morgan fingerprint density at radius 3 is 2.23 bits per heavy atom. The number of benzene rings is 3. The average molecular weight is 401 g/mol. The molecule has 30 heavy (non-hydrogen) atoms. The molecule has 1 N–H and O–H groups in total. The lowest BCUT2D eigenvalue weighted by Gasteiger charge is -2.08. The van der Waals surface area contributed by atoms with Crippen molar-refractivity contribution in [3.05, 3.63) is 95.1 Å². The molecule has 0 aliphatic rings. The number of anilines is 1. The molecule has 5 nitrogen and oxygen atoms in total. The number of amides is 1. The smallest absolute Gasteiger partial charge is 0.255 e. The predicted octanol–water partition coefficient (Wildman–Crippen LogP) is 5.16. The molecule has 5 heteroatoms. The van der Waals surface area contributed by atoms with Crippen molar-refractivity contribution in [2.24, 2.45) is 0 Å². The van der Waals surface area contributed by atoms with Crippen LogP contribution in [0.4, 0.5) is 5.69 Å². The molecule has 0 atom stereocenters. The maximum atomic E-state index is 12.5. The Morgan fingerprint density at radius 2 is 1.53 bits per heavy atom. The number of hydrogen-bond acceptors (Lipinski definition) is 4. The Kier molecular flexibility index (Phi) is 6.65. The van der Waals surface area contributed by atoms with E-state index in [9.17, 15) is 9.59 Å². The fraction of sp³-hybridized carbons (Fsp3) is 0.120. The van der Waals surface area contributed by atoms with E-state index in [4.69, 9.17) is 9.47 Å². The van der Waals surface area contributed by atoms with Crippen LogP contribution in [-0.4, -0.2) is 25.9 Å². The second kappa shape index (κ2) is 9.56. The molecule has 3 aromatic carbocycles. The zero-order valence-corrected chi connectivity index (χ0v) is 17.1. The second-order valence-electron chi connectivity index (χ2n) is 6.71. The number of carbonyl (C=O) groups is 2. The molecule has 152 valence electrons. The maximum absolute atomic E-state index is 12.5. The molecule has 0 bridgehead atoms. The topological polar surface area (TPSA) is 64.6 Å². The molecule has 0 aliphatic carbocycles. The number of carbonyl (C=O) groups excluding carboxylic acids is 2. The first-order chi connectivity index (χ1) is 14.5. The van der Waals surface area contributed by atoms with Crippen molar-refractivity contribution < 1.29 is 19.1 Å². The van der Waals surface area contributed by atoms with Crippen molar-refractivity contribution in [3.8, 4) is 11.5 Å². The van der Waals surface area contributed by atoms with E-state index in [2.05, 4.69) is 5.32 Å². The van der Waals surface area contributed by atoms with Gasteiger partial charge in [0, 0.05) is 16.8 Å². The van der Waals surface area contributed by atoms with Crippen LogP contribution in [0, 0.1) is 6.92 Å². The molecule has 3 aromatic rings. The van der Waals surface area contributed by atoms with Crippen LogP contribution >= 0.6 is 0 Å². The molecule has 0 aliphatic heterocycles. The van der Waals surface area contributed by atoms with E-state index in [1.807, 2.05) is 37.3 Å². The lowest BCUT2D eigenvalue weighted by Crippen LogP contribution is -2.11. The van der Waals surface area contributed by atoms with Crippen LogP contribution in [0.15, 0.2) is 72.8 Å². The molecular weight excluding hydrogens is 378 g/mol. The van der Waals surface area contributed by atoms with Gasteiger partial charge in [-0.3, -0.25) is 9.59 Å². The van der Waals surface area contributed by atoms with E-state index in [-0.39, 0.29) is 11.7 Å². The van der Waals surface area contributed by atoms with Crippen molar-refractivity contribution >= 4 is 23.5 Å². The predicted molar refractivity (Wildman–Crippen MR) is 118 cm³/mol. The number of ether oxygens (including phenoxy) is 2. The van der Waals surface area contributed by atoms with E-state index >= 15 is 0 Å². The Hall–Kier alpha value is -3.86. The minimum atomic E-state index is -0.183. The normalized spacial score (nSPS) is 10.6.